The summed E-state index contributed by atoms with van der Waals surface area (Å²) in [7, 11) is 0. The quantitative estimate of drug-likeness (QED) is 0.427. The summed E-state index contributed by atoms with van der Waals surface area (Å²) >= 11 is 0. The Morgan fingerprint density at radius 2 is 0.667 bits per heavy atom. The number of hydrogen-bond donors (Lipinski definition) is 4. The number of hydrogen-bond acceptors (Lipinski definition) is 4. The van der Waals surface area contributed by atoms with Gasteiger partial charge in [0.1, 0.15) is 0 Å². The van der Waals surface area contributed by atoms with Gasteiger partial charge in [0.25, 0.3) is 0 Å². The summed E-state index contributed by atoms with van der Waals surface area (Å²) < 4.78 is 0. The van der Waals surface area contributed by atoms with Gasteiger partial charge in [-0.1, -0.05) is 0 Å². The standard InChI is InChI=1S/C10H24N4.Ni/c1-3-11-4-2-6-13-8-10-14-9-7-12-5-1;/h11-14H,1-10H2;/q;+2. The summed E-state index contributed by atoms with van der Waals surface area (Å²) in [5.74, 6) is 0. The van der Waals surface area contributed by atoms with Crippen LogP contribution in [0.2, 0.25) is 0 Å². The Bertz CT molecular complexity index is 70.7. The molecule has 1 heterocycles. The van der Waals surface area contributed by atoms with Gasteiger partial charge >= 0.3 is 16.5 Å². The third-order valence-corrected chi connectivity index (χ3v) is 2.37. The SMILES string of the molecule is C1CNCCCNCCNCCNC1.[Ni+2]. The zero-order valence-corrected chi connectivity index (χ0v) is 10.4. The second kappa shape index (κ2) is 12.4. The Morgan fingerprint density at radius 1 is 0.400 bits per heavy atom. The second-order valence-corrected chi connectivity index (χ2v) is 3.71. The normalized spacial score (nSPS) is 22.4. The molecule has 1 aliphatic rings. The first-order valence-corrected chi connectivity index (χ1v) is 5.83. The van der Waals surface area contributed by atoms with Crippen LogP contribution in [0.5, 0.6) is 0 Å². The molecule has 1 saturated heterocycles. The van der Waals surface area contributed by atoms with E-state index in [9.17, 15) is 0 Å². The molecule has 0 unspecified atom stereocenters. The van der Waals surface area contributed by atoms with Crippen LogP contribution in [-0.4, -0.2) is 52.4 Å². The molecule has 0 aromatic carbocycles. The van der Waals surface area contributed by atoms with Gasteiger partial charge in [-0.3, -0.25) is 0 Å². The fraction of sp³-hybridized carbons (Fsp3) is 1.00. The Morgan fingerprint density at radius 3 is 1.07 bits per heavy atom. The molecule has 1 aliphatic heterocycles. The molecule has 0 spiro atoms. The maximum atomic E-state index is 3.44. The Kier molecular flexibility index (Phi) is 12.7. The van der Waals surface area contributed by atoms with Crippen LogP contribution in [0.25, 0.3) is 0 Å². The largest absolute Gasteiger partial charge is 2.00 e. The molecule has 1 fully saturated rings. The van der Waals surface area contributed by atoms with Crippen molar-refractivity contribution in [2.75, 3.05) is 52.4 Å². The van der Waals surface area contributed by atoms with E-state index in [0.29, 0.717) is 0 Å². The van der Waals surface area contributed by atoms with Crippen molar-refractivity contribution in [2.24, 2.45) is 0 Å². The van der Waals surface area contributed by atoms with Crippen molar-refractivity contribution in [3.8, 4) is 0 Å². The second-order valence-electron chi connectivity index (χ2n) is 3.71. The zero-order chi connectivity index (χ0) is 9.90. The average Bonchev–Trinajstić information content (AvgIpc) is 2.22. The summed E-state index contributed by atoms with van der Waals surface area (Å²) in [6.45, 7) is 8.87. The first kappa shape index (κ1) is 15.3. The van der Waals surface area contributed by atoms with Crippen molar-refractivity contribution < 1.29 is 16.5 Å². The van der Waals surface area contributed by atoms with Crippen molar-refractivity contribution in [3.05, 3.63) is 0 Å². The molecule has 0 atom stereocenters. The molecule has 0 aliphatic carbocycles. The van der Waals surface area contributed by atoms with Crippen LogP contribution >= 0.6 is 0 Å². The van der Waals surface area contributed by atoms with Gasteiger partial charge < -0.3 is 21.3 Å². The fourth-order valence-electron chi connectivity index (χ4n) is 1.53. The van der Waals surface area contributed by atoms with E-state index in [2.05, 4.69) is 21.3 Å². The molecule has 15 heavy (non-hydrogen) atoms. The summed E-state index contributed by atoms with van der Waals surface area (Å²) in [6.07, 6.45) is 2.46. The van der Waals surface area contributed by atoms with E-state index in [-0.39, 0.29) is 16.5 Å². The minimum Gasteiger partial charge on any atom is -0.317 e. The van der Waals surface area contributed by atoms with Gasteiger partial charge in [0, 0.05) is 26.2 Å². The summed E-state index contributed by atoms with van der Waals surface area (Å²) in [5.41, 5.74) is 0. The number of nitrogens with one attached hydrogen (secondary N) is 4. The van der Waals surface area contributed by atoms with Gasteiger partial charge in [-0.25, -0.2) is 0 Å². The van der Waals surface area contributed by atoms with Crippen molar-refractivity contribution in [1.82, 2.24) is 21.3 Å². The van der Waals surface area contributed by atoms with Gasteiger partial charge in [0.05, 0.1) is 0 Å². The van der Waals surface area contributed by atoms with E-state index in [4.69, 9.17) is 0 Å². The van der Waals surface area contributed by atoms with Gasteiger partial charge in [0.15, 0.2) is 0 Å². The molecular weight excluding hydrogens is 235 g/mol. The Hall–Kier alpha value is 0.334. The zero-order valence-electron chi connectivity index (χ0n) is 9.39. The van der Waals surface area contributed by atoms with Gasteiger partial charge in [0.2, 0.25) is 0 Å². The predicted molar refractivity (Wildman–Crippen MR) is 60.7 cm³/mol. The van der Waals surface area contributed by atoms with E-state index in [1.807, 2.05) is 0 Å². The topological polar surface area (TPSA) is 48.1 Å². The van der Waals surface area contributed by atoms with Gasteiger partial charge in [-0.15, -0.1) is 0 Å². The summed E-state index contributed by atoms with van der Waals surface area (Å²) in [5, 5.41) is 13.7. The van der Waals surface area contributed by atoms with E-state index >= 15 is 0 Å². The van der Waals surface area contributed by atoms with Crippen LogP contribution in [-0.2, 0) is 16.5 Å². The molecule has 0 saturated carbocycles. The molecule has 4 N–H and O–H groups in total. The molecule has 0 aromatic heterocycles. The van der Waals surface area contributed by atoms with Crippen molar-refractivity contribution in [3.63, 3.8) is 0 Å². The molecule has 0 aromatic rings. The minimum atomic E-state index is 0. The first-order chi connectivity index (χ1) is 7.00. The summed E-state index contributed by atoms with van der Waals surface area (Å²) in [4.78, 5) is 0. The van der Waals surface area contributed by atoms with E-state index < -0.39 is 0 Å². The molecule has 0 amide bonds. The van der Waals surface area contributed by atoms with Crippen LogP contribution in [0.4, 0.5) is 0 Å². The Balaban J connectivity index is 0.00000196. The third-order valence-electron chi connectivity index (χ3n) is 2.37. The van der Waals surface area contributed by atoms with Crippen LogP contribution in [0, 0.1) is 0 Å². The Labute approximate surface area is 103 Å². The molecule has 4 nitrogen and oxygen atoms in total. The van der Waals surface area contributed by atoms with Gasteiger partial charge in [-0.05, 0) is 39.0 Å². The molecule has 0 bridgehead atoms. The van der Waals surface area contributed by atoms with Crippen LogP contribution in [0.3, 0.4) is 0 Å². The maximum absolute atomic E-state index is 3.44. The smallest absolute Gasteiger partial charge is 0.317 e. The van der Waals surface area contributed by atoms with E-state index in [0.717, 1.165) is 52.4 Å². The van der Waals surface area contributed by atoms with Crippen LogP contribution < -0.4 is 21.3 Å². The summed E-state index contributed by atoms with van der Waals surface area (Å²) in [6, 6.07) is 0. The first-order valence-electron chi connectivity index (χ1n) is 5.83. The molecule has 92 valence electrons. The van der Waals surface area contributed by atoms with Crippen molar-refractivity contribution in [1.29, 1.82) is 0 Å². The van der Waals surface area contributed by atoms with Crippen LogP contribution in [0.1, 0.15) is 12.8 Å². The molecule has 1 rings (SSSR count). The average molecular weight is 259 g/mol. The van der Waals surface area contributed by atoms with Crippen LogP contribution in [0.15, 0.2) is 0 Å². The van der Waals surface area contributed by atoms with Gasteiger partial charge in [-0.2, -0.15) is 0 Å². The predicted octanol–water partition coefficient (Wildman–Crippen LogP) is -0.864. The number of rotatable bonds is 0. The van der Waals surface area contributed by atoms with E-state index in [1.165, 1.54) is 12.8 Å². The molecular formula is C10H24N4Ni+2. The van der Waals surface area contributed by atoms with E-state index in [1.54, 1.807) is 0 Å². The van der Waals surface area contributed by atoms with Crippen molar-refractivity contribution >= 4 is 0 Å². The minimum absolute atomic E-state index is 0. The third kappa shape index (κ3) is 10.6. The maximum Gasteiger partial charge on any atom is 2.00 e. The molecule has 5 heteroatoms. The fourth-order valence-corrected chi connectivity index (χ4v) is 1.53. The molecule has 0 radical (unpaired) electrons. The monoisotopic (exact) mass is 258 g/mol. The van der Waals surface area contributed by atoms with Crippen molar-refractivity contribution in [2.45, 2.75) is 12.8 Å².